The average molecular weight is 477 g/mol. The minimum atomic E-state index is -4.42. The molecule has 4 aromatic rings. The van der Waals surface area contributed by atoms with Crippen LogP contribution in [-0.2, 0) is 6.18 Å². The van der Waals surface area contributed by atoms with E-state index < -0.39 is 11.7 Å². The predicted octanol–water partition coefficient (Wildman–Crippen LogP) is 6.79. The number of nitrogens with zero attached hydrogens (tertiary/aromatic N) is 4. The number of anilines is 2. The summed E-state index contributed by atoms with van der Waals surface area (Å²) in [6.45, 7) is 3.31. The Labute approximate surface area is 200 Å². The van der Waals surface area contributed by atoms with E-state index >= 15 is 0 Å². The molecule has 2 aromatic heterocycles. The lowest BCUT2D eigenvalue weighted by Crippen LogP contribution is -2.30. The molecule has 1 aliphatic rings. The molecule has 3 heterocycles. The van der Waals surface area contributed by atoms with Crippen LogP contribution < -0.4 is 10.2 Å². The first-order chi connectivity index (χ1) is 16.9. The molecule has 1 aliphatic heterocycles. The van der Waals surface area contributed by atoms with Gasteiger partial charge in [0.25, 0.3) is 0 Å². The normalized spacial score (nSPS) is 14.3. The smallest absolute Gasteiger partial charge is 0.416 e. The lowest BCUT2D eigenvalue weighted by Gasteiger charge is -2.23. The number of halogens is 3. The van der Waals surface area contributed by atoms with Crippen molar-refractivity contribution in [1.29, 1.82) is 0 Å². The molecule has 0 unspecified atom stereocenters. The molecule has 0 amide bonds. The van der Waals surface area contributed by atoms with Crippen molar-refractivity contribution >= 4 is 23.0 Å². The molecule has 0 saturated heterocycles. The molecular formula is C26H22F3N5O. The third-order valence-electron chi connectivity index (χ3n) is 5.73. The number of pyridine rings is 1. The maximum atomic E-state index is 13.2. The van der Waals surface area contributed by atoms with Crippen molar-refractivity contribution in [3.05, 3.63) is 78.8 Å². The second kappa shape index (κ2) is 9.25. The highest BCUT2D eigenvalue weighted by Gasteiger charge is 2.30. The highest BCUT2D eigenvalue weighted by molar-refractivity contribution is 5.99. The third-order valence-corrected chi connectivity index (χ3v) is 5.73. The van der Waals surface area contributed by atoms with Crippen LogP contribution in [0.25, 0.3) is 22.6 Å². The van der Waals surface area contributed by atoms with Gasteiger partial charge >= 0.3 is 6.18 Å². The number of oxazole rings is 1. The van der Waals surface area contributed by atoms with E-state index in [2.05, 4.69) is 10.3 Å². The average Bonchev–Trinajstić information content (AvgIpc) is 3.31. The largest absolute Gasteiger partial charge is 0.444 e. The van der Waals surface area contributed by atoms with Crippen LogP contribution in [0, 0.1) is 0 Å². The minimum Gasteiger partial charge on any atom is -0.444 e. The van der Waals surface area contributed by atoms with Gasteiger partial charge in [-0.3, -0.25) is 0 Å². The maximum Gasteiger partial charge on any atom is 0.416 e. The highest BCUT2D eigenvalue weighted by Crippen LogP contribution is 2.34. The summed E-state index contributed by atoms with van der Waals surface area (Å²) in [4.78, 5) is 15.5. The Bertz CT molecular complexity index is 1370. The van der Waals surface area contributed by atoms with Crippen molar-refractivity contribution in [1.82, 2.24) is 9.97 Å². The van der Waals surface area contributed by atoms with Gasteiger partial charge in [0.1, 0.15) is 5.84 Å². The molecule has 0 fully saturated rings. The number of rotatable bonds is 3. The topological polar surface area (TPSA) is 66.6 Å². The van der Waals surface area contributed by atoms with Gasteiger partial charge in [-0.05, 0) is 49.7 Å². The summed E-state index contributed by atoms with van der Waals surface area (Å²) in [6.07, 6.45) is -0.546. The van der Waals surface area contributed by atoms with Crippen molar-refractivity contribution in [2.75, 3.05) is 23.3 Å². The Morgan fingerprint density at radius 1 is 1.06 bits per heavy atom. The summed E-state index contributed by atoms with van der Waals surface area (Å²) in [6, 6.07) is 16.4. The van der Waals surface area contributed by atoms with Crippen molar-refractivity contribution in [2.45, 2.75) is 19.5 Å². The fourth-order valence-electron chi connectivity index (χ4n) is 4.02. The number of aliphatic imine (C=N–C) groups is 1. The molecule has 6 nitrogen and oxygen atoms in total. The second-order valence-corrected chi connectivity index (χ2v) is 8.15. The Morgan fingerprint density at radius 3 is 2.69 bits per heavy atom. The van der Waals surface area contributed by atoms with Crippen molar-refractivity contribution < 1.29 is 17.6 Å². The molecule has 0 saturated carbocycles. The molecule has 0 spiro atoms. The molecule has 0 aliphatic carbocycles. The van der Waals surface area contributed by atoms with E-state index in [4.69, 9.17) is 14.4 Å². The lowest BCUT2D eigenvalue weighted by molar-refractivity contribution is -0.137. The summed E-state index contributed by atoms with van der Waals surface area (Å²) < 4.78 is 45.1. The van der Waals surface area contributed by atoms with Crippen molar-refractivity contribution in [2.24, 2.45) is 4.99 Å². The van der Waals surface area contributed by atoms with Crippen LogP contribution in [0.1, 0.15) is 18.9 Å². The standard InChI is InChI=1S/C26H22F3N5O/c1-17(32-21-8-3-6-19(14-21)24-15-30-16-35-24)34-12-4-11-31-23-10-9-22(33-25(23)34)18-5-2-7-20(13-18)26(27,28)29/h2-3,5-10,13-16,31H,4,11-12H2,1H3. The fourth-order valence-corrected chi connectivity index (χ4v) is 4.02. The maximum absolute atomic E-state index is 13.2. The molecule has 0 bridgehead atoms. The molecule has 35 heavy (non-hydrogen) atoms. The highest BCUT2D eigenvalue weighted by atomic mass is 19.4. The van der Waals surface area contributed by atoms with Gasteiger partial charge in [0.05, 0.1) is 28.8 Å². The van der Waals surface area contributed by atoms with Gasteiger partial charge in [-0.1, -0.05) is 24.3 Å². The van der Waals surface area contributed by atoms with E-state index in [1.807, 2.05) is 42.2 Å². The van der Waals surface area contributed by atoms with Gasteiger partial charge in [-0.2, -0.15) is 13.2 Å². The van der Waals surface area contributed by atoms with Gasteiger partial charge in [0.2, 0.25) is 0 Å². The van der Waals surface area contributed by atoms with Crippen LogP contribution in [-0.4, -0.2) is 28.9 Å². The van der Waals surface area contributed by atoms with Gasteiger partial charge in [0, 0.05) is 24.2 Å². The number of benzene rings is 2. The minimum absolute atomic E-state index is 0.404. The SMILES string of the molecule is CC(=Nc1cccc(-c2cnco2)c1)N1CCCNc2ccc(-c3cccc(C(F)(F)F)c3)nc21. The van der Waals surface area contributed by atoms with Crippen LogP contribution in [0.2, 0.25) is 0 Å². The predicted molar refractivity (Wildman–Crippen MR) is 130 cm³/mol. The zero-order valence-electron chi connectivity index (χ0n) is 18.9. The van der Waals surface area contributed by atoms with Crippen LogP contribution in [0.4, 0.5) is 30.4 Å². The summed E-state index contributed by atoms with van der Waals surface area (Å²) in [5.74, 6) is 2.00. The van der Waals surface area contributed by atoms with Gasteiger partial charge < -0.3 is 14.6 Å². The first-order valence-corrected chi connectivity index (χ1v) is 11.1. The summed E-state index contributed by atoms with van der Waals surface area (Å²) in [5.41, 5.74) is 2.57. The van der Waals surface area contributed by atoms with Crippen LogP contribution in [0.3, 0.4) is 0 Å². The van der Waals surface area contributed by atoms with Crippen LogP contribution in [0.5, 0.6) is 0 Å². The molecule has 2 aromatic carbocycles. The molecular weight excluding hydrogens is 455 g/mol. The quantitative estimate of drug-likeness (QED) is 0.260. The molecule has 9 heteroatoms. The van der Waals surface area contributed by atoms with Crippen LogP contribution in [0.15, 0.2) is 82.7 Å². The van der Waals surface area contributed by atoms with E-state index in [0.29, 0.717) is 29.4 Å². The molecule has 5 rings (SSSR count). The Hall–Kier alpha value is -4.14. The molecule has 1 N–H and O–H groups in total. The summed E-state index contributed by atoms with van der Waals surface area (Å²) in [5, 5.41) is 3.36. The molecule has 0 radical (unpaired) electrons. The number of hydrogen-bond acceptors (Lipinski definition) is 5. The first kappa shape index (κ1) is 22.6. The van der Waals surface area contributed by atoms with E-state index in [9.17, 15) is 13.2 Å². The zero-order chi connectivity index (χ0) is 24.4. The van der Waals surface area contributed by atoms with E-state index in [-0.39, 0.29) is 0 Å². The van der Waals surface area contributed by atoms with Gasteiger partial charge in [0.15, 0.2) is 18.0 Å². The summed E-state index contributed by atoms with van der Waals surface area (Å²) >= 11 is 0. The lowest BCUT2D eigenvalue weighted by atomic mass is 10.1. The number of nitrogens with one attached hydrogen (secondary N) is 1. The Balaban J connectivity index is 1.51. The number of fused-ring (bicyclic) bond motifs is 1. The summed E-state index contributed by atoms with van der Waals surface area (Å²) in [7, 11) is 0. The zero-order valence-corrected chi connectivity index (χ0v) is 18.9. The second-order valence-electron chi connectivity index (χ2n) is 8.15. The van der Waals surface area contributed by atoms with Crippen LogP contribution >= 0.6 is 0 Å². The first-order valence-electron chi connectivity index (χ1n) is 11.1. The Morgan fingerprint density at radius 2 is 1.89 bits per heavy atom. The molecule has 178 valence electrons. The van der Waals surface area contributed by atoms with E-state index in [0.717, 1.165) is 47.9 Å². The van der Waals surface area contributed by atoms with Crippen molar-refractivity contribution in [3.8, 4) is 22.6 Å². The molecule has 0 atom stereocenters. The van der Waals surface area contributed by atoms with E-state index in [1.165, 1.54) is 12.5 Å². The monoisotopic (exact) mass is 477 g/mol. The number of aromatic nitrogens is 2. The van der Waals surface area contributed by atoms with Gasteiger partial charge in [-0.15, -0.1) is 0 Å². The third kappa shape index (κ3) is 4.89. The number of alkyl halides is 3. The van der Waals surface area contributed by atoms with E-state index in [1.54, 1.807) is 18.3 Å². The number of amidine groups is 1. The fraction of sp³-hybridized carbons (Fsp3) is 0.192. The van der Waals surface area contributed by atoms with Gasteiger partial charge in [-0.25, -0.2) is 15.0 Å². The van der Waals surface area contributed by atoms with Crippen molar-refractivity contribution in [3.63, 3.8) is 0 Å². The number of hydrogen-bond donors (Lipinski definition) is 1. The Kier molecular flexibility index (Phi) is 5.98.